The van der Waals surface area contributed by atoms with Gasteiger partial charge in [0.1, 0.15) is 5.82 Å². The molecule has 1 aliphatic rings. The lowest BCUT2D eigenvalue weighted by Gasteiger charge is -2.29. The minimum absolute atomic E-state index is 0.590. The maximum atomic E-state index is 5.81. The Labute approximate surface area is 102 Å². The first-order valence-electron chi connectivity index (χ1n) is 6.16. The minimum atomic E-state index is 0.590. The van der Waals surface area contributed by atoms with Gasteiger partial charge in [0.15, 0.2) is 0 Å². The van der Waals surface area contributed by atoms with Crippen LogP contribution in [0.3, 0.4) is 0 Å². The number of aromatic nitrogens is 1. The average Bonchev–Trinajstić information content (AvgIpc) is 2.32. The van der Waals surface area contributed by atoms with Gasteiger partial charge in [0.2, 0.25) is 0 Å². The van der Waals surface area contributed by atoms with Crippen molar-refractivity contribution in [1.29, 1.82) is 0 Å². The number of hydrogen-bond donors (Lipinski definition) is 1. The number of anilines is 1. The molecule has 3 heteroatoms. The molecule has 2 nitrogen and oxygen atoms in total. The summed E-state index contributed by atoms with van der Waals surface area (Å²) in [7, 11) is 0. The van der Waals surface area contributed by atoms with E-state index in [2.05, 4.69) is 17.2 Å². The molecule has 1 aromatic rings. The van der Waals surface area contributed by atoms with E-state index in [0.717, 1.165) is 11.7 Å². The van der Waals surface area contributed by atoms with Crippen molar-refractivity contribution in [2.45, 2.75) is 45.1 Å². The Bertz CT molecular complexity index is 323. The lowest BCUT2D eigenvalue weighted by molar-refractivity contribution is 0.327. The number of hydrogen-bond acceptors (Lipinski definition) is 2. The topological polar surface area (TPSA) is 24.9 Å². The third kappa shape index (κ3) is 3.11. The highest BCUT2D eigenvalue weighted by molar-refractivity contribution is 6.30. The largest absolute Gasteiger partial charge is 0.367 e. The molecule has 0 aliphatic heterocycles. The van der Waals surface area contributed by atoms with Crippen molar-refractivity contribution < 1.29 is 0 Å². The molecular formula is C13H19ClN2. The third-order valence-electron chi connectivity index (χ3n) is 3.44. The molecule has 1 N–H and O–H groups in total. The zero-order chi connectivity index (χ0) is 11.4. The van der Waals surface area contributed by atoms with Crippen molar-refractivity contribution in [2.75, 3.05) is 5.32 Å². The van der Waals surface area contributed by atoms with E-state index in [1.165, 1.54) is 32.1 Å². The fourth-order valence-electron chi connectivity index (χ4n) is 2.46. The second kappa shape index (κ2) is 5.53. The highest BCUT2D eigenvalue weighted by Crippen LogP contribution is 2.28. The van der Waals surface area contributed by atoms with Crippen molar-refractivity contribution in [3.8, 4) is 0 Å². The van der Waals surface area contributed by atoms with Gasteiger partial charge in [-0.05, 0) is 30.9 Å². The molecule has 1 heterocycles. The SMILES string of the molecule is CCC1CCCC(Nc2ccc(Cl)cn2)C1. The van der Waals surface area contributed by atoms with Crippen molar-refractivity contribution >= 4 is 17.4 Å². The van der Waals surface area contributed by atoms with Gasteiger partial charge < -0.3 is 5.32 Å². The molecule has 1 aliphatic carbocycles. The summed E-state index contributed by atoms with van der Waals surface area (Å²) in [4.78, 5) is 4.28. The average molecular weight is 239 g/mol. The number of halogens is 1. The summed E-state index contributed by atoms with van der Waals surface area (Å²) in [6.07, 6.45) is 8.27. The molecule has 1 fully saturated rings. The van der Waals surface area contributed by atoms with E-state index in [-0.39, 0.29) is 0 Å². The van der Waals surface area contributed by atoms with E-state index in [1.807, 2.05) is 12.1 Å². The molecule has 1 aromatic heterocycles. The maximum absolute atomic E-state index is 5.81. The molecule has 0 saturated heterocycles. The summed E-state index contributed by atoms with van der Waals surface area (Å²) in [5.41, 5.74) is 0. The zero-order valence-corrected chi connectivity index (χ0v) is 10.5. The lowest BCUT2D eigenvalue weighted by atomic mass is 9.84. The molecule has 1 saturated carbocycles. The van der Waals surface area contributed by atoms with Crippen LogP contribution in [0.15, 0.2) is 18.3 Å². The fraction of sp³-hybridized carbons (Fsp3) is 0.615. The predicted octanol–water partition coefficient (Wildman–Crippen LogP) is 4.12. The molecular weight excluding hydrogens is 220 g/mol. The van der Waals surface area contributed by atoms with Gasteiger partial charge in [-0.3, -0.25) is 0 Å². The van der Waals surface area contributed by atoms with E-state index < -0.39 is 0 Å². The van der Waals surface area contributed by atoms with Gasteiger partial charge in [0, 0.05) is 12.2 Å². The van der Waals surface area contributed by atoms with Crippen molar-refractivity contribution in [3.63, 3.8) is 0 Å². The molecule has 16 heavy (non-hydrogen) atoms. The second-order valence-corrected chi connectivity index (χ2v) is 5.08. The van der Waals surface area contributed by atoms with Gasteiger partial charge in [0.25, 0.3) is 0 Å². The first-order valence-corrected chi connectivity index (χ1v) is 6.54. The van der Waals surface area contributed by atoms with Gasteiger partial charge >= 0.3 is 0 Å². The molecule has 0 radical (unpaired) electrons. The monoisotopic (exact) mass is 238 g/mol. The van der Waals surface area contributed by atoms with Gasteiger partial charge in [-0.1, -0.05) is 37.8 Å². The van der Waals surface area contributed by atoms with Crippen LogP contribution < -0.4 is 5.32 Å². The van der Waals surface area contributed by atoms with E-state index in [0.29, 0.717) is 11.1 Å². The Morgan fingerprint density at radius 3 is 3.00 bits per heavy atom. The maximum Gasteiger partial charge on any atom is 0.126 e. The summed E-state index contributed by atoms with van der Waals surface area (Å²) in [6.45, 7) is 2.29. The first-order chi connectivity index (χ1) is 7.78. The standard InChI is InChI=1S/C13H19ClN2/c1-2-10-4-3-5-12(8-10)16-13-7-6-11(14)9-15-13/h6-7,9-10,12H,2-5,8H2,1H3,(H,15,16). The first kappa shape index (κ1) is 11.7. The van der Waals surface area contributed by atoms with E-state index in [4.69, 9.17) is 11.6 Å². The predicted molar refractivity (Wildman–Crippen MR) is 68.9 cm³/mol. The molecule has 2 unspecified atom stereocenters. The molecule has 88 valence electrons. The van der Waals surface area contributed by atoms with Crippen LogP contribution in [0.5, 0.6) is 0 Å². The van der Waals surface area contributed by atoms with Crippen molar-refractivity contribution in [2.24, 2.45) is 5.92 Å². The van der Waals surface area contributed by atoms with Gasteiger partial charge in [-0.25, -0.2) is 4.98 Å². The molecule has 0 amide bonds. The molecule has 0 aromatic carbocycles. The van der Waals surface area contributed by atoms with Crippen LogP contribution >= 0.6 is 11.6 Å². The van der Waals surface area contributed by atoms with Gasteiger partial charge in [0.05, 0.1) is 5.02 Å². The van der Waals surface area contributed by atoms with Gasteiger partial charge in [-0.2, -0.15) is 0 Å². The van der Waals surface area contributed by atoms with E-state index in [9.17, 15) is 0 Å². The van der Waals surface area contributed by atoms with Crippen LogP contribution in [0.25, 0.3) is 0 Å². The Morgan fingerprint density at radius 1 is 1.44 bits per heavy atom. The van der Waals surface area contributed by atoms with Crippen LogP contribution in [0.2, 0.25) is 5.02 Å². The smallest absolute Gasteiger partial charge is 0.126 e. The third-order valence-corrected chi connectivity index (χ3v) is 3.66. The van der Waals surface area contributed by atoms with Crippen molar-refractivity contribution in [1.82, 2.24) is 4.98 Å². The molecule has 0 bridgehead atoms. The minimum Gasteiger partial charge on any atom is -0.367 e. The quantitative estimate of drug-likeness (QED) is 0.857. The fourth-order valence-corrected chi connectivity index (χ4v) is 2.58. The number of nitrogens with zero attached hydrogens (tertiary/aromatic N) is 1. The summed E-state index contributed by atoms with van der Waals surface area (Å²) in [5, 5.41) is 4.20. The van der Waals surface area contributed by atoms with Crippen LogP contribution in [0.4, 0.5) is 5.82 Å². The zero-order valence-electron chi connectivity index (χ0n) is 9.75. The van der Waals surface area contributed by atoms with Gasteiger partial charge in [-0.15, -0.1) is 0 Å². The molecule has 0 spiro atoms. The Kier molecular flexibility index (Phi) is 4.05. The van der Waals surface area contributed by atoms with Crippen LogP contribution in [-0.2, 0) is 0 Å². The van der Waals surface area contributed by atoms with E-state index >= 15 is 0 Å². The molecule has 2 atom stereocenters. The summed E-state index contributed by atoms with van der Waals surface area (Å²) in [5.74, 6) is 1.84. The van der Waals surface area contributed by atoms with Crippen LogP contribution in [0.1, 0.15) is 39.0 Å². The Balaban J connectivity index is 1.91. The summed E-state index contributed by atoms with van der Waals surface area (Å²) < 4.78 is 0. The Morgan fingerprint density at radius 2 is 2.31 bits per heavy atom. The van der Waals surface area contributed by atoms with Crippen molar-refractivity contribution in [3.05, 3.63) is 23.4 Å². The van der Waals surface area contributed by atoms with Crippen LogP contribution in [-0.4, -0.2) is 11.0 Å². The van der Waals surface area contributed by atoms with E-state index in [1.54, 1.807) is 6.20 Å². The lowest BCUT2D eigenvalue weighted by Crippen LogP contribution is -2.27. The number of pyridine rings is 1. The van der Waals surface area contributed by atoms with Crippen LogP contribution in [0, 0.1) is 5.92 Å². The highest BCUT2D eigenvalue weighted by Gasteiger charge is 2.20. The summed E-state index contributed by atoms with van der Waals surface area (Å²) in [6, 6.07) is 4.43. The highest BCUT2D eigenvalue weighted by atomic mass is 35.5. The summed E-state index contributed by atoms with van der Waals surface area (Å²) >= 11 is 5.81. The number of rotatable bonds is 3. The second-order valence-electron chi connectivity index (χ2n) is 4.64. The molecule has 2 rings (SSSR count). The normalized spacial score (nSPS) is 25.4. The Hall–Kier alpha value is -0.760. The number of nitrogens with one attached hydrogen (secondary N) is 1.